The third kappa shape index (κ3) is 2.72. The second-order valence-corrected chi connectivity index (χ2v) is 4.79. The molecule has 0 saturated heterocycles. The van der Waals surface area contributed by atoms with E-state index in [1.165, 1.54) is 38.5 Å². The molecule has 84 valence electrons. The third-order valence-corrected chi connectivity index (χ3v) is 3.82. The van der Waals surface area contributed by atoms with Gasteiger partial charge in [-0.05, 0) is 50.4 Å². The molecule has 0 spiro atoms. The van der Waals surface area contributed by atoms with E-state index in [0.717, 1.165) is 11.8 Å². The van der Waals surface area contributed by atoms with Gasteiger partial charge in [-0.1, -0.05) is 24.3 Å². The van der Waals surface area contributed by atoms with Crippen LogP contribution in [0.4, 0.5) is 0 Å². The standard InChI is InChI=1S/C14H22O/c1-15-14(12-8-4-2-5-9-12)13-10-6-3-7-11-13/h2-4,6,12-14H,5,7-11H2,1H3. The van der Waals surface area contributed by atoms with E-state index in [2.05, 4.69) is 24.3 Å². The molecule has 0 aliphatic heterocycles. The third-order valence-electron chi connectivity index (χ3n) is 3.82. The molecule has 0 radical (unpaired) electrons. The Morgan fingerprint density at radius 1 is 0.933 bits per heavy atom. The largest absolute Gasteiger partial charge is 0.381 e. The maximum absolute atomic E-state index is 5.76. The summed E-state index contributed by atoms with van der Waals surface area (Å²) in [5.74, 6) is 1.52. The second kappa shape index (κ2) is 5.50. The van der Waals surface area contributed by atoms with Crippen molar-refractivity contribution < 1.29 is 4.74 Å². The molecule has 0 heterocycles. The van der Waals surface area contributed by atoms with Crippen molar-refractivity contribution in [3.8, 4) is 0 Å². The molecule has 0 fully saturated rings. The molecule has 1 heteroatoms. The summed E-state index contributed by atoms with van der Waals surface area (Å²) < 4.78 is 5.76. The van der Waals surface area contributed by atoms with Gasteiger partial charge in [0.2, 0.25) is 0 Å². The molecular formula is C14H22O. The van der Waals surface area contributed by atoms with Gasteiger partial charge in [0, 0.05) is 7.11 Å². The van der Waals surface area contributed by atoms with Crippen LogP contribution in [0.15, 0.2) is 24.3 Å². The van der Waals surface area contributed by atoms with Crippen molar-refractivity contribution >= 4 is 0 Å². The first kappa shape index (κ1) is 10.9. The van der Waals surface area contributed by atoms with Crippen molar-refractivity contribution in [2.75, 3.05) is 7.11 Å². The van der Waals surface area contributed by atoms with Gasteiger partial charge in [0.1, 0.15) is 0 Å². The highest BCUT2D eigenvalue weighted by atomic mass is 16.5. The molecule has 2 rings (SSSR count). The van der Waals surface area contributed by atoms with E-state index in [-0.39, 0.29) is 0 Å². The highest BCUT2D eigenvalue weighted by Gasteiger charge is 2.29. The SMILES string of the molecule is COC(C1CC=CCC1)C1CC=CCC1. The maximum Gasteiger partial charge on any atom is 0.0633 e. The number of hydrogen-bond acceptors (Lipinski definition) is 1. The molecule has 2 aliphatic rings. The van der Waals surface area contributed by atoms with E-state index in [1.807, 2.05) is 7.11 Å². The zero-order valence-electron chi connectivity index (χ0n) is 9.69. The topological polar surface area (TPSA) is 9.23 Å². The van der Waals surface area contributed by atoms with Crippen molar-refractivity contribution in [3.63, 3.8) is 0 Å². The summed E-state index contributed by atoms with van der Waals surface area (Å²) in [5.41, 5.74) is 0. The van der Waals surface area contributed by atoms with Crippen molar-refractivity contribution in [3.05, 3.63) is 24.3 Å². The van der Waals surface area contributed by atoms with Crippen LogP contribution in [-0.2, 0) is 4.74 Å². The lowest BCUT2D eigenvalue weighted by Crippen LogP contribution is -2.32. The summed E-state index contributed by atoms with van der Waals surface area (Å²) in [4.78, 5) is 0. The summed E-state index contributed by atoms with van der Waals surface area (Å²) in [6.07, 6.45) is 17.3. The molecule has 2 aliphatic carbocycles. The Morgan fingerprint density at radius 3 is 1.80 bits per heavy atom. The summed E-state index contributed by atoms with van der Waals surface area (Å²) in [7, 11) is 1.89. The van der Waals surface area contributed by atoms with E-state index in [1.54, 1.807) is 0 Å². The average Bonchev–Trinajstić information content (AvgIpc) is 2.33. The van der Waals surface area contributed by atoms with Crippen LogP contribution in [0.3, 0.4) is 0 Å². The summed E-state index contributed by atoms with van der Waals surface area (Å²) in [6, 6.07) is 0. The van der Waals surface area contributed by atoms with Crippen LogP contribution >= 0.6 is 0 Å². The number of methoxy groups -OCH3 is 1. The molecule has 1 nitrogen and oxygen atoms in total. The molecule has 0 bridgehead atoms. The second-order valence-electron chi connectivity index (χ2n) is 4.79. The number of allylic oxidation sites excluding steroid dienone is 4. The minimum Gasteiger partial charge on any atom is -0.381 e. The molecule has 0 amide bonds. The highest BCUT2D eigenvalue weighted by molar-refractivity contribution is 4.98. The van der Waals surface area contributed by atoms with Crippen LogP contribution < -0.4 is 0 Å². The number of hydrogen-bond donors (Lipinski definition) is 0. The first-order valence-corrected chi connectivity index (χ1v) is 6.24. The zero-order valence-corrected chi connectivity index (χ0v) is 9.69. The van der Waals surface area contributed by atoms with Crippen LogP contribution in [0.2, 0.25) is 0 Å². The lowest BCUT2D eigenvalue weighted by atomic mass is 9.78. The molecule has 2 atom stereocenters. The first-order chi connectivity index (χ1) is 7.42. The molecular weight excluding hydrogens is 184 g/mol. The van der Waals surface area contributed by atoms with Crippen molar-refractivity contribution in [2.45, 2.75) is 44.6 Å². The van der Waals surface area contributed by atoms with Gasteiger partial charge in [-0.25, -0.2) is 0 Å². The number of rotatable bonds is 3. The predicted molar refractivity (Wildman–Crippen MR) is 63.8 cm³/mol. The molecule has 0 aromatic rings. The van der Waals surface area contributed by atoms with Gasteiger partial charge in [0.15, 0.2) is 0 Å². The van der Waals surface area contributed by atoms with E-state index < -0.39 is 0 Å². The van der Waals surface area contributed by atoms with Gasteiger partial charge in [0.25, 0.3) is 0 Å². The molecule has 0 aromatic heterocycles. The van der Waals surface area contributed by atoms with Crippen molar-refractivity contribution in [1.29, 1.82) is 0 Å². The van der Waals surface area contributed by atoms with Gasteiger partial charge in [-0.3, -0.25) is 0 Å². The molecule has 15 heavy (non-hydrogen) atoms. The number of ether oxygens (including phenoxy) is 1. The predicted octanol–water partition coefficient (Wildman–Crippen LogP) is 3.71. The summed E-state index contributed by atoms with van der Waals surface area (Å²) in [6.45, 7) is 0. The van der Waals surface area contributed by atoms with Crippen molar-refractivity contribution in [2.24, 2.45) is 11.8 Å². The normalized spacial score (nSPS) is 32.9. The van der Waals surface area contributed by atoms with Crippen molar-refractivity contribution in [1.82, 2.24) is 0 Å². The average molecular weight is 206 g/mol. The summed E-state index contributed by atoms with van der Waals surface area (Å²) >= 11 is 0. The van der Waals surface area contributed by atoms with Crippen LogP contribution in [-0.4, -0.2) is 13.2 Å². The Balaban J connectivity index is 1.96. The monoisotopic (exact) mass is 206 g/mol. The van der Waals surface area contributed by atoms with E-state index in [9.17, 15) is 0 Å². The van der Waals surface area contributed by atoms with E-state index in [4.69, 9.17) is 4.74 Å². The fraction of sp³-hybridized carbons (Fsp3) is 0.714. The Morgan fingerprint density at radius 2 is 1.47 bits per heavy atom. The van der Waals surface area contributed by atoms with Gasteiger partial charge in [-0.15, -0.1) is 0 Å². The zero-order chi connectivity index (χ0) is 10.5. The molecule has 0 saturated carbocycles. The van der Waals surface area contributed by atoms with Gasteiger partial charge in [-0.2, -0.15) is 0 Å². The first-order valence-electron chi connectivity index (χ1n) is 6.24. The maximum atomic E-state index is 5.76. The summed E-state index contributed by atoms with van der Waals surface area (Å²) in [5, 5.41) is 0. The Kier molecular flexibility index (Phi) is 4.01. The lowest BCUT2D eigenvalue weighted by Gasteiger charge is -2.34. The highest BCUT2D eigenvalue weighted by Crippen LogP contribution is 2.33. The lowest BCUT2D eigenvalue weighted by molar-refractivity contribution is -0.000400. The van der Waals surface area contributed by atoms with E-state index in [0.29, 0.717) is 6.10 Å². The Hall–Kier alpha value is -0.560. The van der Waals surface area contributed by atoms with Gasteiger partial charge < -0.3 is 4.74 Å². The van der Waals surface area contributed by atoms with Crippen LogP contribution in [0.25, 0.3) is 0 Å². The van der Waals surface area contributed by atoms with Gasteiger partial charge >= 0.3 is 0 Å². The fourth-order valence-corrected chi connectivity index (χ4v) is 3.00. The van der Waals surface area contributed by atoms with E-state index >= 15 is 0 Å². The molecule has 2 unspecified atom stereocenters. The molecule has 0 aromatic carbocycles. The fourth-order valence-electron chi connectivity index (χ4n) is 3.00. The van der Waals surface area contributed by atoms with Crippen LogP contribution in [0.1, 0.15) is 38.5 Å². The minimum atomic E-state index is 0.486. The van der Waals surface area contributed by atoms with Gasteiger partial charge in [0.05, 0.1) is 6.10 Å². The van der Waals surface area contributed by atoms with Crippen LogP contribution in [0.5, 0.6) is 0 Å². The smallest absolute Gasteiger partial charge is 0.0633 e. The Bertz CT molecular complexity index is 218. The molecule has 0 N–H and O–H groups in total. The quantitative estimate of drug-likeness (QED) is 0.640. The minimum absolute atomic E-state index is 0.486. The van der Waals surface area contributed by atoms with Crippen LogP contribution in [0, 0.1) is 11.8 Å². The Labute approximate surface area is 93.2 Å².